The largest absolute Gasteiger partial charge is 0.468 e. The fraction of sp³-hybridized carbons (Fsp3) is 0.360. The van der Waals surface area contributed by atoms with E-state index in [0.717, 1.165) is 11.1 Å². The number of esters is 2. The van der Waals surface area contributed by atoms with Crippen LogP contribution in [0.1, 0.15) is 37.8 Å². The highest BCUT2D eigenvalue weighted by atomic mass is 35.5. The first-order valence-corrected chi connectivity index (χ1v) is 11.1. The van der Waals surface area contributed by atoms with Gasteiger partial charge in [0.15, 0.2) is 0 Å². The molecular weight excluding hydrogens is 467 g/mol. The molecule has 0 saturated carbocycles. The molecule has 1 fully saturated rings. The molecule has 33 heavy (non-hydrogen) atoms. The molecule has 0 amide bonds. The van der Waals surface area contributed by atoms with Crippen molar-refractivity contribution in [3.63, 3.8) is 0 Å². The summed E-state index contributed by atoms with van der Waals surface area (Å²) >= 11 is 12.3. The molecule has 0 N–H and O–H groups in total. The third kappa shape index (κ3) is 3.61. The molecule has 0 radical (unpaired) electrons. The third-order valence-electron chi connectivity index (χ3n) is 6.67. The Morgan fingerprint density at radius 1 is 0.909 bits per heavy atom. The van der Waals surface area contributed by atoms with E-state index >= 15 is 0 Å². The zero-order valence-corrected chi connectivity index (χ0v) is 20.3. The van der Waals surface area contributed by atoms with Crippen molar-refractivity contribution >= 4 is 35.1 Å². The summed E-state index contributed by atoms with van der Waals surface area (Å²) in [7, 11) is 2.60. The number of rotatable bonds is 4. The van der Waals surface area contributed by atoms with Crippen LogP contribution in [-0.4, -0.2) is 31.9 Å². The molecule has 2 unspecified atom stereocenters. The summed E-state index contributed by atoms with van der Waals surface area (Å²) in [6.45, 7) is 3.36. The van der Waals surface area contributed by atoms with Gasteiger partial charge in [0.1, 0.15) is 16.8 Å². The molecule has 6 nitrogen and oxygen atoms in total. The van der Waals surface area contributed by atoms with Crippen LogP contribution in [-0.2, 0) is 34.1 Å². The minimum atomic E-state index is -1.43. The lowest BCUT2D eigenvalue weighted by Crippen LogP contribution is -2.53. The molecule has 0 aliphatic carbocycles. The third-order valence-corrected chi connectivity index (χ3v) is 7.17. The van der Waals surface area contributed by atoms with Crippen LogP contribution in [0, 0.1) is 5.41 Å². The quantitative estimate of drug-likeness (QED) is 0.534. The standard InChI is InChI=1S/C25H24Cl2O6/c1-15-20(21(28)30-3)13-24(22(29)31-4)14-25(33-23(24,2)32-15,16-5-9-18(26)10-6-16)17-7-11-19(27)12-8-17/h5-12H,13-14H2,1-4H3. The van der Waals surface area contributed by atoms with E-state index in [4.69, 9.17) is 42.1 Å². The van der Waals surface area contributed by atoms with Gasteiger partial charge in [0.05, 0.1) is 19.8 Å². The number of hydrogen-bond donors (Lipinski definition) is 0. The van der Waals surface area contributed by atoms with Crippen molar-refractivity contribution in [3.05, 3.63) is 81.0 Å². The average Bonchev–Trinajstić information content (AvgIpc) is 3.08. The van der Waals surface area contributed by atoms with Crippen molar-refractivity contribution in [2.45, 2.75) is 38.1 Å². The van der Waals surface area contributed by atoms with Gasteiger partial charge in [-0.05, 0) is 42.3 Å². The molecular formula is C25H24Cl2O6. The molecule has 8 heteroatoms. The Kier molecular flexibility index (Phi) is 5.97. The van der Waals surface area contributed by atoms with Crippen LogP contribution >= 0.6 is 23.2 Å². The number of halogens is 2. The molecule has 2 atom stereocenters. The Balaban J connectivity index is 1.95. The van der Waals surface area contributed by atoms with Gasteiger partial charge in [-0.1, -0.05) is 47.5 Å². The Morgan fingerprint density at radius 2 is 1.42 bits per heavy atom. The molecule has 4 rings (SSSR count). The summed E-state index contributed by atoms with van der Waals surface area (Å²) in [5.41, 5.74) is -0.622. The number of ether oxygens (including phenoxy) is 4. The zero-order chi connectivity index (χ0) is 24.0. The molecule has 0 aromatic heterocycles. The maximum absolute atomic E-state index is 13.4. The van der Waals surface area contributed by atoms with Gasteiger partial charge in [0.2, 0.25) is 5.79 Å². The fourth-order valence-corrected chi connectivity index (χ4v) is 5.22. The Bertz CT molecular complexity index is 1080. The summed E-state index contributed by atoms with van der Waals surface area (Å²) in [5.74, 6) is -2.19. The maximum Gasteiger partial charge on any atom is 0.337 e. The number of carbonyl (C=O) groups excluding carboxylic acids is 2. The molecule has 2 aliphatic heterocycles. The van der Waals surface area contributed by atoms with Crippen LogP contribution in [0.2, 0.25) is 10.0 Å². The highest BCUT2D eigenvalue weighted by Crippen LogP contribution is 2.63. The van der Waals surface area contributed by atoms with Crippen molar-refractivity contribution < 1.29 is 28.5 Å². The van der Waals surface area contributed by atoms with Crippen LogP contribution in [0.5, 0.6) is 0 Å². The van der Waals surface area contributed by atoms with E-state index in [1.54, 1.807) is 38.1 Å². The molecule has 174 valence electrons. The number of allylic oxidation sites excluding steroid dienone is 1. The van der Waals surface area contributed by atoms with E-state index < -0.39 is 28.7 Å². The highest BCUT2D eigenvalue weighted by Gasteiger charge is 2.72. The van der Waals surface area contributed by atoms with Crippen molar-refractivity contribution in [3.8, 4) is 0 Å². The highest BCUT2D eigenvalue weighted by molar-refractivity contribution is 6.30. The van der Waals surface area contributed by atoms with Crippen LogP contribution < -0.4 is 0 Å². The lowest BCUT2D eigenvalue weighted by atomic mass is 9.67. The van der Waals surface area contributed by atoms with Gasteiger partial charge < -0.3 is 18.9 Å². The number of fused-ring (bicyclic) bond motifs is 1. The van der Waals surface area contributed by atoms with Crippen molar-refractivity contribution in [1.29, 1.82) is 0 Å². The molecule has 2 aromatic carbocycles. The number of hydrogen-bond acceptors (Lipinski definition) is 6. The van der Waals surface area contributed by atoms with Crippen LogP contribution in [0.3, 0.4) is 0 Å². The summed E-state index contributed by atoms with van der Waals surface area (Å²) in [6, 6.07) is 14.4. The van der Waals surface area contributed by atoms with E-state index in [0.29, 0.717) is 15.8 Å². The smallest absolute Gasteiger partial charge is 0.337 e. The second-order valence-corrected chi connectivity index (χ2v) is 9.32. The molecule has 2 aromatic rings. The van der Waals surface area contributed by atoms with Crippen molar-refractivity contribution in [2.75, 3.05) is 14.2 Å². The van der Waals surface area contributed by atoms with E-state index in [-0.39, 0.29) is 18.4 Å². The Hall–Kier alpha value is -2.54. The Morgan fingerprint density at radius 3 is 1.88 bits per heavy atom. The van der Waals surface area contributed by atoms with Gasteiger partial charge in [-0.25, -0.2) is 4.79 Å². The van der Waals surface area contributed by atoms with Gasteiger partial charge in [-0.3, -0.25) is 4.79 Å². The van der Waals surface area contributed by atoms with E-state index in [1.807, 2.05) is 24.3 Å². The topological polar surface area (TPSA) is 71.1 Å². The average molecular weight is 491 g/mol. The first kappa shape index (κ1) is 23.6. The Labute approximate surface area is 202 Å². The van der Waals surface area contributed by atoms with Gasteiger partial charge in [-0.2, -0.15) is 0 Å². The second kappa shape index (κ2) is 8.35. The van der Waals surface area contributed by atoms with E-state index in [9.17, 15) is 9.59 Å². The van der Waals surface area contributed by atoms with Crippen LogP contribution in [0.25, 0.3) is 0 Å². The molecule has 0 bridgehead atoms. The first-order chi connectivity index (χ1) is 15.6. The monoisotopic (exact) mass is 490 g/mol. The lowest BCUT2D eigenvalue weighted by Gasteiger charge is -2.43. The predicted molar refractivity (Wildman–Crippen MR) is 123 cm³/mol. The second-order valence-electron chi connectivity index (χ2n) is 8.44. The predicted octanol–water partition coefficient (Wildman–Crippen LogP) is 5.40. The maximum atomic E-state index is 13.4. The van der Waals surface area contributed by atoms with E-state index in [2.05, 4.69) is 0 Å². The summed E-state index contributed by atoms with van der Waals surface area (Å²) in [5, 5.41) is 1.13. The molecule has 2 aliphatic rings. The number of benzene rings is 2. The normalized spacial score (nSPS) is 25.8. The van der Waals surface area contributed by atoms with Gasteiger partial charge >= 0.3 is 11.9 Å². The molecule has 1 saturated heterocycles. The first-order valence-electron chi connectivity index (χ1n) is 10.4. The fourth-order valence-electron chi connectivity index (χ4n) is 4.96. The zero-order valence-electron chi connectivity index (χ0n) is 18.7. The molecule has 0 spiro atoms. The van der Waals surface area contributed by atoms with Crippen molar-refractivity contribution in [2.24, 2.45) is 5.41 Å². The molecule has 2 heterocycles. The van der Waals surface area contributed by atoms with Crippen molar-refractivity contribution in [1.82, 2.24) is 0 Å². The number of methoxy groups -OCH3 is 2. The van der Waals surface area contributed by atoms with Crippen LogP contribution in [0.4, 0.5) is 0 Å². The number of carbonyl (C=O) groups is 2. The lowest BCUT2D eigenvalue weighted by molar-refractivity contribution is -0.261. The summed E-state index contributed by atoms with van der Waals surface area (Å²) < 4.78 is 23.2. The summed E-state index contributed by atoms with van der Waals surface area (Å²) in [6.07, 6.45) is 0.192. The minimum absolute atomic E-state index is 0.0393. The minimum Gasteiger partial charge on any atom is -0.468 e. The SMILES string of the molecule is COC(=O)C1=C(C)OC2(C)OC(c3ccc(Cl)cc3)(c3ccc(Cl)cc3)CC2(C(=O)OC)C1. The van der Waals surface area contributed by atoms with Gasteiger partial charge in [0, 0.05) is 29.8 Å². The van der Waals surface area contributed by atoms with Crippen LogP contribution in [0.15, 0.2) is 59.9 Å². The summed E-state index contributed by atoms with van der Waals surface area (Å²) in [4.78, 5) is 25.9. The van der Waals surface area contributed by atoms with Gasteiger partial charge in [0.25, 0.3) is 0 Å². The van der Waals surface area contributed by atoms with E-state index in [1.165, 1.54) is 14.2 Å². The van der Waals surface area contributed by atoms with Gasteiger partial charge in [-0.15, -0.1) is 0 Å².